The van der Waals surface area contributed by atoms with E-state index in [1.165, 1.54) is 12.5 Å². The number of aromatic nitrogens is 4. The van der Waals surface area contributed by atoms with Gasteiger partial charge in [-0.3, -0.25) is 14.4 Å². The van der Waals surface area contributed by atoms with Crippen LogP contribution in [0.1, 0.15) is 61.6 Å². The Balaban J connectivity index is 1.51. The number of carbonyl (C=O) groups is 2. The zero-order valence-corrected chi connectivity index (χ0v) is 23.4. The lowest BCUT2D eigenvalue weighted by Gasteiger charge is -2.18. The molecule has 4 rings (SSSR count). The Hall–Kier alpha value is -4.25. The van der Waals surface area contributed by atoms with E-state index in [2.05, 4.69) is 20.3 Å². The van der Waals surface area contributed by atoms with Crippen molar-refractivity contribution in [1.29, 1.82) is 0 Å². The van der Waals surface area contributed by atoms with Gasteiger partial charge in [-0.2, -0.15) is 0 Å². The van der Waals surface area contributed by atoms with E-state index in [-0.39, 0.29) is 35.7 Å². The molecule has 0 radical (unpaired) electrons. The van der Waals surface area contributed by atoms with Gasteiger partial charge in [-0.05, 0) is 57.4 Å². The standard InChI is InChI=1S/C29H36N6O5/c1-5-35-13-11-19-15-21(25(39-4)16-20(19)29(35)38)23-17-31-27(33-23)22(32-26(37)18-34(2)3)9-7-6-8-10-24(36)28-30-12-14-40-28/h11-17,22H,5-10,18H2,1-4H3,(H,31,33)(H,32,37). The number of methoxy groups -OCH3 is 1. The third kappa shape index (κ3) is 6.84. The maximum atomic E-state index is 12.8. The lowest BCUT2D eigenvalue weighted by Crippen LogP contribution is -2.36. The van der Waals surface area contributed by atoms with E-state index in [9.17, 15) is 14.4 Å². The summed E-state index contributed by atoms with van der Waals surface area (Å²) < 4.78 is 12.4. The fourth-order valence-electron chi connectivity index (χ4n) is 4.67. The van der Waals surface area contributed by atoms with Crippen LogP contribution in [0, 0.1) is 0 Å². The molecule has 3 heterocycles. The number of ketones is 1. The van der Waals surface area contributed by atoms with Crippen LogP contribution in [-0.2, 0) is 11.3 Å². The molecule has 0 aliphatic carbocycles. The second-order valence-corrected chi connectivity index (χ2v) is 9.95. The number of nitrogens with one attached hydrogen (secondary N) is 2. The highest BCUT2D eigenvalue weighted by Gasteiger charge is 2.20. The Labute approximate surface area is 232 Å². The number of aromatic amines is 1. The number of imidazole rings is 1. The number of likely N-dealkylation sites (N-methyl/N-ethyl adjacent to an activating group) is 1. The highest BCUT2D eigenvalue weighted by molar-refractivity contribution is 5.91. The fraction of sp³-hybridized carbons (Fsp3) is 0.414. The van der Waals surface area contributed by atoms with E-state index in [4.69, 9.17) is 9.15 Å². The molecule has 0 aliphatic heterocycles. The van der Waals surface area contributed by atoms with Crippen molar-refractivity contribution in [3.05, 3.63) is 65.1 Å². The molecule has 1 amide bonds. The first-order chi connectivity index (χ1) is 19.3. The molecule has 0 saturated carbocycles. The molecule has 0 spiro atoms. The molecular formula is C29H36N6O5. The molecule has 0 fully saturated rings. The molecule has 4 aromatic rings. The molecule has 1 atom stereocenters. The first-order valence-electron chi connectivity index (χ1n) is 13.4. The number of H-pyrrole nitrogens is 1. The second kappa shape index (κ2) is 13.2. The van der Waals surface area contributed by atoms with Crippen LogP contribution >= 0.6 is 0 Å². The predicted molar refractivity (Wildman–Crippen MR) is 151 cm³/mol. The lowest BCUT2D eigenvalue weighted by molar-refractivity contribution is -0.122. The number of hydrogen-bond acceptors (Lipinski definition) is 8. The van der Waals surface area contributed by atoms with Gasteiger partial charge < -0.3 is 28.9 Å². The Kier molecular flexibility index (Phi) is 9.49. The monoisotopic (exact) mass is 548 g/mol. The summed E-state index contributed by atoms with van der Waals surface area (Å²) in [5.41, 5.74) is 1.42. The number of carbonyl (C=O) groups excluding carboxylic acids is 2. The lowest BCUT2D eigenvalue weighted by atomic mass is 10.0. The van der Waals surface area contributed by atoms with E-state index in [1.807, 2.05) is 33.2 Å². The van der Waals surface area contributed by atoms with Crippen LogP contribution in [0.15, 0.2) is 52.3 Å². The number of benzene rings is 1. The molecule has 1 unspecified atom stereocenters. The number of rotatable bonds is 14. The van der Waals surface area contributed by atoms with Gasteiger partial charge in [0.1, 0.15) is 17.8 Å². The van der Waals surface area contributed by atoms with Crippen molar-refractivity contribution in [2.75, 3.05) is 27.7 Å². The van der Waals surface area contributed by atoms with Gasteiger partial charge in [-0.25, -0.2) is 9.97 Å². The van der Waals surface area contributed by atoms with Gasteiger partial charge in [0, 0.05) is 24.7 Å². The molecule has 40 heavy (non-hydrogen) atoms. The topological polar surface area (TPSA) is 135 Å². The molecule has 2 N–H and O–H groups in total. The SMILES string of the molecule is CCn1ccc2cc(-c3cnc(C(CCCCCC(=O)c4ncco4)NC(=O)CN(C)C)[nH]3)c(OC)cc2c1=O. The van der Waals surface area contributed by atoms with Crippen molar-refractivity contribution in [3.63, 3.8) is 0 Å². The molecule has 212 valence electrons. The molecular weight excluding hydrogens is 512 g/mol. The first-order valence-corrected chi connectivity index (χ1v) is 13.4. The number of hydrogen-bond donors (Lipinski definition) is 2. The van der Waals surface area contributed by atoms with Gasteiger partial charge in [0.2, 0.25) is 11.7 Å². The van der Waals surface area contributed by atoms with Crippen molar-refractivity contribution in [3.8, 4) is 17.0 Å². The van der Waals surface area contributed by atoms with Gasteiger partial charge in [0.15, 0.2) is 0 Å². The van der Waals surface area contributed by atoms with Gasteiger partial charge in [0.05, 0.1) is 43.2 Å². The summed E-state index contributed by atoms with van der Waals surface area (Å²) in [6.07, 6.45) is 9.62. The smallest absolute Gasteiger partial charge is 0.263 e. The van der Waals surface area contributed by atoms with Crippen molar-refractivity contribution in [2.45, 2.75) is 51.6 Å². The van der Waals surface area contributed by atoms with Crippen molar-refractivity contribution >= 4 is 22.5 Å². The molecule has 0 aliphatic rings. The van der Waals surface area contributed by atoms with E-state index < -0.39 is 0 Å². The third-order valence-corrected chi connectivity index (χ3v) is 6.72. The van der Waals surface area contributed by atoms with Crippen molar-refractivity contribution < 1.29 is 18.7 Å². The number of unbranched alkanes of at least 4 members (excludes halogenated alkanes) is 2. The molecule has 11 nitrogen and oxygen atoms in total. The van der Waals surface area contributed by atoms with E-state index >= 15 is 0 Å². The minimum atomic E-state index is -0.341. The Bertz CT molecular complexity index is 1510. The molecule has 1 aromatic carbocycles. The number of ether oxygens (including phenoxy) is 1. The minimum Gasteiger partial charge on any atom is -0.496 e. The van der Waals surface area contributed by atoms with Crippen molar-refractivity contribution in [1.82, 2.24) is 29.7 Å². The van der Waals surface area contributed by atoms with Crippen molar-refractivity contribution in [2.24, 2.45) is 0 Å². The van der Waals surface area contributed by atoms with Gasteiger partial charge >= 0.3 is 0 Å². The van der Waals surface area contributed by atoms with Crippen LogP contribution in [0.4, 0.5) is 0 Å². The maximum absolute atomic E-state index is 12.8. The van der Waals surface area contributed by atoms with Gasteiger partial charge in [-0.15, -0.1) is 0 Å². The number of Topliss-reactive ketones (excluding diaryl/α,β-unsaturated/α-hetero) is 1. The van der Waals surface area contributed by atoms with E-state index in [0.29, 0.717) is 42.8 Å². The van der Waals surface area contributed by atoms with Crippen LogP contribution in [0.2, 0.25) is 0 Å². The molecule has 0 bridgehead atoms. The van der Waals surface area contributed by atoms with Crippen LogP contribution in [0.5, 0.6) is 5.75 Å². The highest BCUT2D eigenvalue weighted by atomic mass is 16.5. The van der Waals surface area contributed by atoms with Gasteiger partial charge in [0.25, 0.3) is 11.4 Å². The summed E-state index contributed by atoms with van der Waals surface area (Å²) in [4.78, 5) is 51.3. The molecule has 3 aromatic heterocycles. The summed E-state index contributed by atoms with van der Waals surface area (Å²) in [6, 6.07) is 5.25. The number of nitrogens with zero attached hydrogens (tertiary/aromatic N) is 4. The summed E-state index contributed by atoms with van der Waals surface area (Å²) in [7, 11) is 5.25. The van der Waals surface area contributed by atoms with Gasteiger partial charge in [-0.1, -0.05) is 12.8 Å². The number of amides is 1. The zero-order chi connectivity index (χ0) is 28.6. The zero-order valence-electron chi connectivity index (χ0n) is 23.4. The Morgan fingerprint density at radius 1 is 1.20 bits per heavy atom. The summed E-state index contributed by atoms with van der Waals surface area (Å²) >= 11 is 0. The summed E-state index contributed by atoms with van der Waals surface area (Å²) in [6.45, 7) is 2.76. The maximum Gasteiger partial charge on any atom is 0.263 e. The molecule has 11 heteroatoms. The molecule has 0 saturated heterocycles. The van der Waals surface area contributed by atoms with Crippen LogP contribution < -0.4 is 15.6 Å². The number of pyridine rings is 1. The predicted octanol–water partition coefficient (Wildman–Crippen LogP) is 3.96. The van der Waals surface area contributed by atoms with Crippen LogP contribution in [0.3, 0.4) is 0 Å². The highest BCUT2D eigenvalue weighted by Crippen LogP contribution is 2.33. The average molecular weight is 549 g/mol. The van der Waals surface area contributed by atoms with E-state index in [0.717, 1.165) is 29.5 Å². The Morgan fingerprint density at radius 2 is 2.02 bits per heavy atom. The van der Waals surface area contributed by atoms with Crippen LogP contribution in [-0.4, -0.2) is 63.9 Å². The Morgan fingerprint density at radius 3 is 2.73 bits per heavy atom. The summed E-state index contributed by atoms with van der Waals surface area (Å²) in [5, 5.41) is 4.47. The summed E-state index contributed by atoms with van der Waals surface area (Å²) in [5.74, 6) is 1.09. The minimum absolute atomic E-state index is 0.0686. The quantitative estimate of drug-likeness (QED) is 0.179. The largest absolute Gasteiger partial charge is 0.496 e. The van der Waals surface area contributed by atoms with Crippen LogP contribution in [0.25, 0.3) is 22.0 Å². The number of oxazole rings is 1. The van der Waals surface area contributed by atoms with E-state index in [1.54, 1.807) is 35.0 Å². The fourth-order valence-corrected chi connectivity index (χ4v) is 4.67. The normalized spacial score (nSPS) is 12.1. The number of fused-ring (bicyclic) bond motifs is 1. The average Bonchev–Trinajstić information content (AvgIpc) is 3.64. The first kappa shape index (κ1) is 28.8. The third-order valence-electron chi connectivity index (χ3n) is 6.72. The number of aryl methyl sites for hydroxylation is 1. The second-order valence-electron chi connectivity index (χ2n) is 9.95.